The molecule has 0 saturated heterocycles. The van der Waals surface area contributed by atoms with Crippen molar-refractivity contribution in [3.05, 3.63) is 58.7 Å². The fourth-order valence-electron chi connectivity index (χ4n) is 3.92. The van der Waals surface area contributed by atoms with Crippen LogP contribution < -0.4 is 5.32 Å². The van der Waals surface area contributed by atoms with E-state index in [0.29, 0.717) is 13.1 Å². The molecule has 164 valence electrons. The summed E-state index contributed by atoms with van der Waals surface area (Å²) in [6, 6.07) is 7.72. The summed E-state index contributed by atoms with van der Waals surface area (Å²) in [5.41, 5.74) is 2.94. The van der Waals surface area contributed by atoms with E-state index in [1.54, 1.807) is 23.7 Å². The largest absolute Gasteiger partial charge is 0.340 e. The van der Waals surface area contributed by atoms with E-state index in [1.807, 2.05) is 35.2 Å². The Kier molecular flexibility index (Phi) is 6.84. The molecule has 1 N–H and O–H groups in total. The van der Waals surface area contributed by atoms with Gasteiger partial charge in [0.15, 0.2) is 0 Å². The van der Waals surface area contributed by atoms with E-state index < -0.39 is 0 Å². The van der Waals surface area contributed by atoms with Gasteiger partial charge < -0.3 is 15.1 Å². The number of anilines is 2. The van der Waals surface area contributed by atoms with Crippen LogP contribution in [0.1, 0.15) is 29.9 Å². The Balaban J connectivity index is 1.54. The monoisotopic (exact) mass is 445 g/mol. The molecule has 1 amide bonds. The highest BCUT2D eigenvalue weighted by Crippen LogP contribution is 2.38. The maximum atomic E-state index is 12.7. The minimum absolute atomic E-state index is 0.0656. The average Bonchev–Trinajstić information content (AvgIpc) is 3.20. The van der Waals surface area contributed by atoms with Crippen molar-refractivity contribution >= 4 is 39.0 Å². The SMILES string of the molecule is C#Cc1cccc(Nc2ncnc3sc4c(c23)CCN(C(=O)/C=C/CN(CC)CC)C4)c1. The normalized spacial score (nSPS) is 13.5. The zero-order valence-electron chi connectivity index (χ0n) is 18.5. The summed E-state index contributed by atoms with van der Waals surface area (Å²) >= 11 is 1.64. The number of hydrogen-bond acceptors (Lipinski definition) is 6. The maximum absolute atomic E-state index is 12.7. The predicted octanol–water partition coefficient (Wildman–Crippen LogP) is 4.20. The van der Waals surface area contributed by atoms with Crippen molar-refractivity contribution in [1.82, 2.24) is 19.8 Å². The molecule has 3 aromatic rings. The number of likely N-dealkylation sites (N-methyl/N-ethyl adjacent to an activating group) is 1. The number of rotatable bonds is 7. The predicted molar refractivity (Wildman–Crippen MR) is 131 cm³/mol. The lowest BCUT2D eigenvalue weighted by Crippen LogP contribution is -2.34. The van der Waals surface area contributed by atoms with E-state index in [2.05, 4.69) is 40.0 Å². The lowest BCUT2D eigenvalue weighted by molar-refractivity contribution is -0.126. The summed E-state index contributed by atoms with van der Waals surface area (Å²) in [6.07, 6.45) is 11.6. The third-order valence-corrected chi connectivity index (χ3v) is 6.88. The smallest absolute Gasteiger partial charge is 0.246 e. The zero-order valence-corrected chi connectivity index (χ0v) is 19.3. The Morgan fingerprint density at radius 1 is 1.34 bits per heavy atom. The Bertz CT molecular complexity index is 1190. The molecular formula is C25H27N5OS. The quantitative estimate of drug-likeness (QED) is 0.436. The highest BCUT2D eigenvalue weighted by atomic mass is 32.1. The summed E-state index contributed by atoms with van der Waals surface area (Å²) in [4.78, 5) is 28.0. The molecule has 0 spiro atoms. The third kappa shape index (κ3) is 4.67. The second-order valence-corrected chi connectivity index (χ2v) is 8.74. The molecule has 3 heterocycles. The lowest BCUT2D eigenvalue weighted by Gasteiger charge is -2.26. The van der Waals surface area contributed by atoms with Crippen molar-refractivity contribution < 1.29 is 4.79 Å². The molecule has 0 bridgehead atoms. The standard InChI is InChI=1S/C25H27N5OS/c1-4-18-9-7-10-19(15-18)28-24-23-20-12-14-30(16-21(20)32-25(23)27-17-26-24)22(31)11-8-13-29(5-2)6-3/h1,7-11,15,17H,5-6,12-14,16H2,2-3H3,(H,26,27,28)/b11-8+. The number of hydrogen-bond donors (Lipinski definition) is 1. The highest BCUT2D eigenvalue weighted by Gasteiger charge is 2.25. The number of nitrogens with one attached hydrogen (secondary N) is 1. The number of benzene rings is 1. The minimum Gasteiger partial charge on any atom is -0.340 e. The molecule has 4 rings (SSSR count). The Morgan fingerprint density at radius 3 is 2.97 bits per heavy atom. The van der Waals surface area contributed by atoms with Crippen LogP contribution in [0.2, 0.25) is 0 Å². The van der Waals surface area contributed by atoms with Gasteiger partial charge in [0.25, 0.3) is 0 Å². The van der Waals surface area contributed by atoms with Crippen LogP contribution in [0.4, 0.5) is 11.5 Å². The zero-order chi connectivity index (χ0) is 22.5. The first kappa shape index (κ1) is 22.0. The van der Waals surface area contributed by atoms with Crippen molar-refractivity contribution in [1.29, 1.82) is 0 Å². The molecule has 0 radical (unpaired) electrons. The fraction of sp³-hybridized carbons (Fsp3) is 0.320. The Hall–Kier alpha value is -3.21. The molecule has 1 aliphatic heterocycles. The first-order valence-electron chi connectivity index (χ1n) is 10.9. The van der Waals surface area contributed by atoms with Crippen LogP contribution in [0.3, 0.4) is 0 Å². The van der Waals surface area contributed by atoms with Gasteiger partial charge in [-0.3, -0.25) is 4.79 Å². The number of nitrogens with zero attached hydrogens (tertiary/aromatic N) is 4. The van der Waals surface area contributed by atoms with E-state index in [1.165, 1.54) is 10.4 Å². The number of terminal acetylenes is 1. The number of amides is 1. The molecule has 1 aliphatic rings. The molecule has 7 heteroatoms. The van der Waals surface area contributed by atoms with Crippen molar-refractivity contribution in [2.75, 3.05) is 31.5 Å². The van der Waals surface area contributed by atoms with Gasteiger partial charge in [-0.05, 0) is 43.3 Å². The van der Waals surface area contributed by atoms with E-state index >= 15 is 0 Å². The second-order valence-electron chi connectivity index (χ2n) is 7.65. The molecule has 0 unspecified atom stereocenters. The molecule has 2 aromatic heterocycles. The lowest BCUT2D eigenvalue weighted by atomic mass is 10.0. The summed E-state index contributed by atoms with van der Waals surface area (Å²) in [5, 5.41) is 4.45. The van der Waals surface area contributed by atoms with Crippen molar-refractivity contribution in [2.24, 2.45) is 0 Å². The number of carbonyl (C=O) groups is 1. The van der Waals surface area contributed by atoms with Crippen LogP contribution in [-0.4, -0.2) is 51.9 Å². The van der Waals surface area contributed by atoms with Gasteiger partial charge in [0, 0.05) is 35.3 Å². The summed E-state index contributed by atoms with van der Waals surface area (Å²) in [6.45, 7) is 8.31. The van der Waals surface area contributed by atoms with Gasteiger partial charge in [0.2, 0.25) is 5.91 Å². The van der Waals surface area contributed by atoms with Gasteiger partial charge in [0.05, 0.1) is 11.9 Å². The Morgan fingerprint density at radius 2 is 2.19 bits per heavy atom. The maximum Gasteiger partial charge on any atom is 0.246 e. The molecule has 0 atom stereocenters. The molecule has 0 saturated carbocycles. The van der Waals surface area contributed by atoms with Crippen molar-refractivity contribution in [2.45, 2.75) is 26.8 Å². The van der Waals surface area contributed by atoms with E-state index in [0.717, 1.165) is 53.3 Å². The van der Waals surface area contributed by atoms with Gasteiger partial charge in [-0.2, -0.15) is 0 Å². The van der Waals surface area contributed by atoms with Crippen LogP contribution >= 0.6 is 11.3 Å². The molecule has 32 heavy (non-hydrogen) atoms. The number of thiophene rings is 1. The molecular weight excluding hydrogens is 418 g/mol. The highest BCUT2D eigenvalue weighted by molar-refractivity contribution is 7.19. The second kappa shape index (κ2) is 9.94. The van der Waals surface area contributed by atoms with Crippen LogP contribution in [0.5, 0.6) is 0 Å². The topological polar surface area (TPSA) is 61.4 Å². The minimum atomic E-state index is 0.0656. The summed E-state index contributed by atoms with van der Waals surface area (Å²) in [5.74, 6) is 3.51. The molecule has 6 nitrogen and oxygen atoms in total. The number of fused-ring (bicyclic) bond motifs is 3. The van der Waals surface area contributed by atoms with Crippen LogP contribution in [0, 0.1) is 12.3 Å². The molecule has 0 fully saturated rings. The van der Waals surface area contributed by atoms with E-state index in [-0.39, 0.29) is 5.91 Å². The fourth-order valence-corrected chi connectivity index (χ4v) is 5.13. The molecule has 0 aliphatic carbocycles. The number of carbonyl (C=O) groups excluding carboxylic acids is 1. The van der Waals surface area contributed by atoms with E-state index in [9.17, 15) is 4.79 Å². The third-order valence-electron chi connectivity index (χ3n) is 5.76. The molecule has 1 aromatic carbocycles. The van der Waals surface area contributed by atoms with Crippen LogP contribution in [0.25, 0.3) is 10.2 Å². The Labute approximate surface area is 193 Å². The van der Waals surface area contributed by atoms with Gasteiger partial charge in [0.1, 0.15) is 17.0 Å². The first-order valence-corrected chi connectivity index (χ1v) is 11.7. The van der Waals surface area contributed by atoms with Gasteiger partial charge in [-0.1, -0.05) is 31.9 Å². The van der Waals surface area contributed by atoms with Crippen molar-refractivity contribution in [3.8, 4) is 12.3 Å². The summed E-state index contributed by atoms with van der Waals surface area (Å²) < 4.78 is 0. The summed E-state index contributed by atoms with van der Waals surface area (Å²) in [7, 11) is 0. The van der Waals surface area contributed by atoms with Gasteiger partial charge in [-0.15, -0.1) is 17.8 Å². The van der Waals surface area contributed by atoms with Crippen LogP contribution in [-0.2, 0) is 17.8 Å². The van der Waals surface area contributed by atoms with E-state index in [4.69, 9.17) is 6.42 Å². The van der Waals surface area contributed by atoms with Crippen molar-refractivity contribution in [3.63, 3.8) is 0 Å². The average molecular weight is 446 g/mol. The number of aromatic nitrogens is 2. The first-order chi connectivity index (χ1) is 15.6. The van der Waals surface area contributed by atoms with Crippen LogP contribution in [0.15, 0.2) is 42.7 Å². The van der Waals surface area contributed by atoms with Gasteiger partial charge in [-0.25, -0.2) is 9.97 Å². The van der Waals surface area contributed by atoms with Gasteiger partial charge >= 0.3 is 0 Å².